The minimum absolute atomic E-state index is 0.0806. The van der Waals surface area contributed by atoms with Crippen LogP contribution in [0.4, 0.5) is 0 Å². The van der Waals surface area contributed by atoms with Crippen molar-refractivity contribution in [2.24, 2.45) is 5.73 Å². The van der Waals surface area contributed by atoms with Crippen LogP contribution in [0.15, 0.2) is 54.6 Å². The maximum Gasteiger partial charge on any atom is 0.123 e. The van der Waals surface area contributed by atoms with Gasteiger partial charge in [-0.25, -0.2) is 4.98 Å². The summed E-state index contributed by atoms with van der Waals surface area (Å²) in [5.74, 6) is 2.87. The number of piperidine rings is 1. The molecule has 1 saturated heterocycles. The number of amidine groups is 2. The minimum Gasteiger partial charge on any atom is -0.490 e. The SMILES string of the molecule is CC(=N)N1CCC(Oc2ccc3nc(C(C)C)n(Cc4ccc(C(=N)N)c5ccccc45)c3c2)CC1. The van der Waals surface area contributed by atoms with Crippen LogP contribution in [0.1, 0.15) is 56.5 Å². The highest BCUT2D eigenvalue weighted by Crippen LogP contribution is 2.30. The fourth-order valence-corrected chi connectivity index (χ4v) is 5.21. The summed E-state index contributed by atoms with van der Waals surface area (Å²) in [6.07, 6.45) is 1.99. The molecule has 3 aromatic carbocycles. The molecule has 0 atom stereocenters. The normalized spacial score (nSPS) is 14.6. The second-order valence-electron chi connectivity index (χ2n) is 9.98. The Morgan fingerprint density at radius 2 is 1.78 bits per heavy atom. The van der Waals surface area contributed by atoms with Gasteiger partial charge in [0, 0.05) is 50.0 Å². The zero-order chi connectivity index (χ0) is 25.4. The molecule has 1 aliphatic rings. The molecule has 4 aromatic rings. The smallest absolute Gasteiger partial charge is 0.123 e. The number of likely N-dealkylation sites (tertiary alicyclic amines) is 1. The van der Waals surface area contributed by atoms with Crippen LogP contribution in [-0.2, 0) is 6.54 Å². The van der Waals surface area contributed by atoms with E-state index in [1.807, 2.05) is 37.3 Å². The zero-order valence-electron chi connectivity index (χ0n) is 21.2. The number of hydrogen-bond acceptors (Lipinski definition) is 4. The van der Waals surface area contributed by atoms with E-state index < -0.39 is 0 Å². The number of hydrogen-bond donors (Lipinski definition) is 3. The Labute approximate surface area is 211 Å². The van der Waals surface area contributed by atoms with Crippen molar-refractivity contribution in [1.29, 1.82) is 10.8 Å². The first kappa shape index (κ1) is 23.9. The predicted octanol–water partition coefficient (Wildman–Crippen LogP) is 5.49. The molecule has 5 rings (SSSR count). The van der Waals surface area contributed by atoms with Gasteiger partial charge in [0.2, 0.25) is 0 Å². The molecule has 1 fully saturated rings. The zero-order valence-corrected chi connectivity index (χ0v) is 21.2. The maximum absolute atomic E-state index is 7.98. The molecule has 7 nitrogen and oxygen atoms in total. The van der Waals surface area contributed by atoms with Crippen LogP contribution in [0.5, 0.6) is 5.75 Å². The van der Waals surface area contributed by atoms with Crippen LogP contribution in [0.25, 0.3) is 21.8 Å². The first-order valence-corrected chi connectivity index (χ1v) is 12.6. The molecule has 0 spiro atoms. The van der Waals surface area contributed by atoms with Gasteiger partial charge in [0.25, 0.3) is 0 Å². The Morgan fingerprint density at radius 1 is 1.06 bits per heavy atom. The number of benzene rings is 3. The summed E-state index contributed by atoms with van der Waals surface area (Å²) in [4.78, 5) is 7.08. The summed E-state index contributed by atoms with van der Waals surface area (Å²) < 4.78 is 8.70. The molecule has 7 heteroatoms. The van der Waals surface area contributed by atoms with Crippen LogP contribution >= 0.6 is 0 Å². The van der Waals surface area contributed by atoms with E-state index in [9.17, 15) is 0 Å². The van der Waals surface area contributed by atoms with Crippen molar-refractivity contribution < 1.29 is 4.74 Å². The van der Waals surface area contributed by atoms with E-state index in [1.54, 1.807) is 0 Å². The van der Waals surface area contributed by atoms with E-state index in [4.69, 9.17) is 26.3 Å². The monoisotopic (exact) mass is 482 g/mol. The second kappa shape index (κ2) is 9.64. The van der Waals surface area contributed by atoms with Crippen molar-refractivity contribution in [3.63, 3.8) is 0 Å². The second-order valence-corrected chi connectivity index (χ2v) is 9.98. The van der Waals surface area contributed by atoms with Gasteiger partial charge in [0.15, 0.2) is 0 Å². The molecule has 0 aliphatic carbocycles. The van der Waals surface area contributed by atoms with Gasteiger partial charge in [-0.05, 0) is 35.4 Å². The first-order valence-electron chi connectivity index (χ1n) is 12.6. The highest BCUT2D eigenvalue weighted by atomic mass is 16.5. The number of nitrogens with two attached hydrogens (primary N) is 1. The molecule has 0 radical (unpaired) electrons. The summed E-state index contributed by atoms with van der Waals surface area (Å²) in [5.41, 5.74) is 9.81. The maximum atomic E-state index is 7.98. The summed E-state index contributed by atoms with van der Waals surface area (Å²) in [6.45, 7) is 8.58. The molecule has 1 aromatic heterocycles. The fourth-order valence-electron chi connectivity index (χ4n) is 5.21. The van der Waals surface area contributed by atoms with Crippen molar-refractivity contribution in [2.45, 2.75) is 52.2 Å². The highest BCUT2D eigenvalue weighted by Gasteiger charge is 2.22. The largest absolute Gasteiger partial charge is 0.490 e. The molecule has 1 aliphatic heterocycles. The van der Waals surface area contributed by atoms with Crippen LogP contribution in [0.3, 0.4) is 0 Å². The molecule has 4 N–H and O–H groups in total. The predicted molar refractivity (Wildman–Crippen MR) is 147 cm³/mol. The highest BCUT2D eigenvalue weighted by molar-refractivity contribution is 6.08. The number of fused-ring (bicyclic) bond motifs is 2. The lowest BCUT2D eigenvalue weighted by atomic mass is 9.98. The van der Waals surface area contributed by atoms with E-state index in [0.717, 1.165) is 70.4 Å². The van der Waals surface area contributed by atoms with Gasteiger partial charge < -0.3 is 19.9 Å². The molecule has 2 heterocycles. The van der Waals surface area contributed by atoms with E-state index >= 15 is 0 Å². The number of nitrogens with zero attached hydrogens (tertiary/aromatic N) is 3. The number of imidazole rings is 1. The van der Waals surface area contributed by atoms with Crippen molar-refractivity contribution in [2.75, 3.05) is 13.1 Å². The quantitative estimate of drug-likeness (QED) is 0.250. The lowest BCUT2D eigenvalue weighted by molar-refractivity contribution is 0.130. The van der Waals surface area contributed by atoms with Crippen molar-refractivity contribution >= 4 is 33.5 Å². The molecule has 0 saturated carbocycles. The number of nitrogens with one attached hydrogen (secondary N) is 2. The van der Waals surface area contributed by atoms with Gasteiger partial charge in [-0.15, -0.1) is 0 Å². The van der Waals surface area contributed by atoms with Crippen molar-refractivity contribution in [3.8, 4) is 5.75 Å². The van der Waals surface area contributed by atoms with Gasteiger partial charge in [0.05, 0.1) is 16.9 Å². The van der Waals surface area contributed by atoms with E-state index in [2.05, 4.69) is 47.6 Å². The lowest BCUT2D eigenvalue weighted by Crippen LogP contribution is -2.40. The van der Waals surface area contributed by atoms with Crippen molar-refractivity contribution in [3.05, 3.63) is 71.5 Å². The van der Waals surface area contributed by atoms with Crippen LogP contribution < -0.4 is 10.5 Å². The third-order valence-corrected chi connectivity index (χ3v) is 7.12. The van der Waals surface area contributed by atoms with Crippen LogP contribution in [0.2, 0.25) is 0 Å². The minimum atomic E-state index is 0.0806. The van der Waals surface area contributed by atoms with E-state index in [-0.39, 0.29) is 17.9 Å². The Bertz CT molecular complexity index is 1450. The first-order chi connectivity index (χ1) is 17.3. The van der Waals surface area contributed by atoms with Gasteiger partial charge >= 0.3 is 0 Å². The van der Waals surface area contributed by atoms with Gasteiger partial charge in [-0.2, -0.15) is 0 Å². The average molecular weight is 483 g/mol. The van der Waals surface area contributed by atoms with Gasteiger partial charge in [0.1, 0.15) is 23.5 Å². The number of ether oxygens (including phenoxy) is 1. The molecule has 0 bridgehead atoms. The summed E-state index contributed by atoms with van der Waals surface area (Å²) in [6, 6.07) is 18.4. The molecule has 36 heavy (non-hydrogen) atoms. The molecule has 0 unspecified atom stereocenters. The van der Waals surface area contributed by atoms with Gasteiger partial charge in [-0.1, -0.05) is 50.2 Å². The van der Waals surface area contributed by atoms with Crippen LogP contribution in [0, 0.1) is 10.8 Å². The van der Waals surface area contributed by atoms with E-state index in [0.29, 0.717) is 12.4 Å². The Kier molecular flexibility index (Phi) is 6.39. The Hall–Kier alpha value is -3.87. The summed E-state index contributed by atoms with van der Waals surface area (Å²) in [7, 11) is 0. The van der Waals surface area contributed by atoms with Crippen molar-refractivity contribution in [1.82, 2.24) is 14.5 Å². The number of nitrogen functional groups attached to an aromatic ring is 1. The topological polar surface area (TPSA) is 104 Å². The fraction of sp³-hybridized carbons (Fsp3) is 0.345. The van der Waals surface area contributed by atoms with Crippen LogP contribution in [-0.4, -0.2) is 45.3 Å². The third kappa shape index (κ3) is 4.53. The molecule has 0 amide bonds. The molecular formula is C29H34N6O. The molecule has 186 valence electrons. The number of rotatable bonds is 6. The Morgan fingerprint density at radius 3 is 2.44 bits per heavy atom. The third-order valence-electron chi connectivity index (χ3n) is 7.12. The average Bonchev–Trinajstić information content (AvgIpc) is 3.22. The lowest BCUT2D eigenvalue weighted by Gasteiger charge is -2.32. The summed E-state index contributed by atoms with van der Waals surface area (Å²) in [5, 5.41) is 17.9. The standard InChI is InChI=1S/C29H34N6O/c1-18(2)29-33-26-11-9-22(36-21-12-14-34(15-13-21)19(3)30)16-27(26)35(29)17-20-8-10-25(28(31)32)24-7-5-4-6-23(20)24/h4-11,16,18,21,30H,12-15,17H2,1-3H3,(H3,31,32). The number of aromatic nitrogens is 2. The summed E-state index contributed by atoms with van der Waals surface area (Å²) >= 11 is 0. The molecular weight excluding hydrogens is 448 g/mol. The Balaban J connectivity index is 1.50. The van der Waals surface area contributed by atoms with Gasteiger partial charge in [-0.3, -0.25) is 10.8 Å². The van der Waals surface area contributed by atoms with E-state index in [1.165, 1.54) is 0 Å².